The van der Waals surface area contributed by atoms with Crippen LogP contribution in [0.4, 0.5) is 5.69 Å². The van der Waals surface area contributed by atoms with E-state index in [2.05, 4.69) is 12.2 Å². The van der Waals surface area contributed by atoms with Crippen LogP contribution >= 0.6 is 0 Å². The normalized spacial score (nSPS) is 10.2. The molecule has 0 aromatic heterocycles. The van der Waals surface area contributed by atoms with Gasteiger partial charge < -0.3 is 14.8 Å². The van der Waals surface area contributed by atoms with Crippen molar-refractivity contribution in [2.45, 2.75) is 26.3 Å². The maximum Gasteiger partial charge on any atom is 0.269 e. The minimum atomic E-state index is -0.502. The van der Waals surface area contributed by atoms with Gasteiger partial charge in [0.15, 0.2) is 11.5 Å². The van der Waals surface area contributed by atoms with E-state index >= 15 is 0 Å². The van der Waals surface area contributed by atoms with Gasteiger partial charge in [0.25, 0.3) is 11.6 Å². The van der Waals surface area contributed by atoms with Crippen LogP contribution < -0.4 is 14.8 Å². The van der Waals surface area contributed by atoms with E-state index in [9.17, 15) is 14.9 Å². The Labute approximate surface area is 152 Å². The number of hydrogen-bond acceptors (Lipinski definition) is 5. The third-order valence-electron chi connectivity index (χ3n) is 3.78. The fourth-order valence-corrected chi connectivity index (χ4v) is 2.29. The number of rotatable bonds is 9. The summed E-state index contributed by atoms with van der Waals surface area (Å²) in [7, 11) is 1.57. The van der Waals surface area contributed by atoms with Crippen LogP contribution in [0.15, 0.2) is 42.5 Å². The molecule has 0 aliphatic rings. The van der Waals surface area contributed by atoms with Gasteiger partial charge >= 0.3 is 0 Å². The summed E-state index contributed by atoms with van der Waals surface area (Å²) in [5.74, 6) is 0.983. The highest BCUT2D eigenvalue weighted by molar-refractivity contribution is 5.94. The maximum atomic E-state index is 12.2. The third kappa shape index (κ3) is 5.20. The average molecular weight is 358 g/mol. The summed E-state index contributed by atoms with van der Waals surface area (Å²) in [5.41, 5.74) is 1.17. The number of carbonyl (C=O) groups is 1. The fraction of sp³-hybridized carbons (Fsp3) is 0.316. The van der Waals surface area contributed by atoms with Crippen LogP contribution in [-0.4, -0.2) is 24.5 Å². The summed E-state index contributed by atoms with van der Waals surface area (Å²) in [4.78, 5) is 22.3. The predicted molar refractivity (Wildman–Crippen MR) is 97.7 cm³/mol. The molecule has 0 atom stereocenters. The minimum Gasteiger partial charge on any atom is -0.493 e. The van der Waals surface area contributed by atoms with E-state index in [1.165, 1.54) is 24.3 Å². The lowest BCUT2D eigenvalue weighted by Gasteiger charge is -2.12. The molecular weight excluding hydrogens is 336 g/mol. The first-order valence-corrected chi connectivity index (χ1v) is 8.37. The molecular formula is C19H22N2O5. The van der Waals surface area contributed by atoms with Gasteiger partial charge in [0.1, 0.15) is 0 Å². The first-order valence-electron chi connectivity index (χ1n) is 8.37. The van der Waals surface area contributed by atoms with Gasteiger partial charge in [0.05, 0.1) is 18.6 Å². The number of nitro groups is 1. The molecule has 0 heterocycles. The minimum absolute atomic E-state index is 0.0510. The Balaban J connectivity index is 1.97. The molecule has 1 amide bonds. The molecule has 2 aromatic carbocycles. The Hall–Kier alpha value is -3.09. The Morgan fingerprint density at radius 3 is 2.50 bits per heavy atom. The third-order valence-corrected chi connectivity index (χ3v) is 3.78. The number of amides is 1. The highest BCUT2D eigenvalue weighted by Gasteiger charge is 2.10. The number of unbranched alkanes of at least 4 members (excludes halogenated alkanes) is 1. The molecule has 0 bridgehead atoms. The van der Waals surface area contributed by atoms with Crippen molar-refractivity contribution in [1.29, 1.82) is 0 Å². The van der Waals surface area contributed by atoms with Gasteiger partial charge in [-0.3, -0.25) is 14.9 Å². The van der Waals surface area contributed by atoms with E-state index in [-0.39, 0.29) is 11.6 Å². The molecule has 0 spiro atoms. The summed E-state index contributed by atoms with van der Waals surface area (Å²) in [6.45, 7) is 3.03. The summed E-state index contributed by atoms with van der Waals surface area (Å²) in [6, 6.07) is 11.0. The SMILES string of the molecule is CCCCOc1ccc(CNC(=O)c2ccc([N+](=O)[O-])cc2)cc1OC. The molecule has 138 valence electrons. The first kappa shape index (κ1) is 19.2. The summed E-state index contributed by atoms with van der Waals surface area (Å²) >= 11 is 0. The molecule has 0 radical (unpaired) electrons. The molecule has 0 fully saturated rings. The van der Waals surface area contributed by atoms with E-state index in [0.29, 0.717) is 30.2 Å². The lowest BCUT2D eigenvalue weighted by molar-refractivity contribution is -0.384. The quantitative estimate of drug-likeness (QED) is 0.419. The molecule has 0 saturated heterocycles. The van der Waals surface area contributed by atoms with Gasteiger partial charge in [-0.05, 0) is 36.2 Å². The van der Waals surface area contributed by atoms with Crippen LogP contribution in [0, 0.1) is 10.1 Å². The molecule has 0 saturated carbocycles. The monoisotopic (exact) mass is 358 g/mol. The lowest BCUT2D eigenvalue weighted by Crippen LogP contribution is -2.22. The van der Waals surface area contributed by atoms with Crippen LogP contribution in [-0.2, 0) is 6.54 Å². The average Bonchev–Trinajstić information content (AvgIpc) is 2.66. The van der Waals surface area contributed by atoms with Crippen molar-refractivity contribution in [3.8, 4) is 11.5 Å². The lowest BCUT2D eigenvalue weighted by atomic mass is 10.1. The van der Waals surface area contributed by atoms with E-state index in [4.69, 9.17) is 9.47 Å². The van der Waals surface area contributed by atoms with Gasteiger partial charge in [0, 0.05) is 24.2 Å². The zero-order chi connectivity index (χ0) is 18.9. The van der Waals surface area contributed by atoms with E-state index in [1.807, 2.05) is 18.2 Å². The van der Waals surface area contributed by atoms with Crippen molar-refractivity contribution in [2.75, 3.05) is 13.7 Å². The van der Waals surface area contributed by atoms with Gasteiger partial charge in [-0.2, -0.15) is 0 Å². The Morgan fingerprint density at radius 2 is 1.88 bits per heavy atom. The molecule has 26 heavy (non-hydrogen) atoms. The van der Waals surface area contributed by atoms with Crippen molar-refractivity contribution in [3.05, 3.63) is 63.7 Å². The molecule has 0 unspecified atom stereocenters. The molecule has 0 aliphatic heterocycles. The second-order valence-corrected chi connectivity index (χ2v) is 5.67. The number of nitro benzene ring substituents is 1. The second-order valence-electron chi connectivity index (χ2n) is 5.67. The first-order chi connectivity index (χ1) is 12.5. The number of ether oxygens (including phenoxy) is 2. The molecule has 7 nitrogen and oxygen atoms in total. The molecule has 2 aromatic rings. The predicted octanol–water partition coefficient (Wildman–Crippen LogP) is 3.71. The van der Waals surface area contributed by atoms with Crippen molar-refractivity contribution in [1.82, 2.24) is 5.32 Å². The number of non-ortho nitro benzene ring substituents is 1. The van der Waals surface area contributed by atoms with Crippen molar-refractivity contribution >= 4 is 11.6 Å². The summed E-state index contributed by atoms with van der Waals surface area (Å²) in [5, 5.41) is 13.4. The number of nitrogens with zero attached hydrogens (tertiary/aromatic N) is 1. The Kier molecular flexibility index (Phi) is 6.96. The van der Waals surface area contributed by atoms with Gasteiger partial charge in [-0.25, -0.2) is 0 Å². The topological polar surface area (TPSA) is 90.7 Å². The van der Waals surface area contributed by atoms with Gasteiger partial charge in [-0.1, -0.05) is 19.4 Å². The van der Waals surface area contributed by atoms with Crippen LogP contribution in [0.1, 0.15) is 35.7 Å². The standard InChI is InChI=1S/C19H22N2O5/c1-3-4-11-26-17-10-5-14(12-18(17)25-2)13-20-19(22)15-6-8-16(9-7-15)21(23)24/h5-10,12H,3-4,11,13H2,1-2H3,(H,20,22). The van der Waals surface area contributed by atoms with Crippen LogP contribution in [0.25, 0.3) is 0 Å². The maximum absolute atomic E-state index is 12.2. The number of methoxy groups -OCH3 is 1. The van der Waals surface area contributed by atoms with Crippen molar-refractivity contribution in [2.24, 2.45) is 0 Å². The summed E-state index contributed by atoms with van der Waals surface area (Å²) in [6.07, 6.45) is 2.02. The second kappa shape index (κ2) is 9.41. The number of hydrogen-bond donors (Lipinski definition) is 1. The van der Waals surface area contributed by atoms with E-state index in [1.54, 1.807) is 7.11 Å². The highest BCUT2D eigenvalue weighted by Crippen LogP contribution is 2.28. The zero-order valence-corrected chi connectivity index (χ0v) is 14.9. The van der Waals surface area contributed by atoms with Crippen LogP contribution in [0.2, 0.25) is 0 Å². The molecule has 7 heteroatoms. The number of benzene rings is 2. The van der Waals surface area contributed by atoms with Crippen LogP contribution in [0.5, 0.6) is 11.5 Å². The largest absolute Gasteiger partial charge is 0.493 e. The summed E-state index contributed by atoms with van der Waals surface area (Å²) < 4.78 is 11.0. The van der Waals surface area contributed by atoms with Gasteiger partial charge in [0.2, 0.25) is 0 Å². The molecule has 1 N–H and O–H groups in total. The van der Waals surface area contributed by atoms with Crippen LogP contribution in [0.3, 0.4) is 0 Å². The number of nitrogens with one attached hydrogen (secondary N) is 1. The molecule has 2 rings (SSSR count). The zero-order valence-electron chi connectivity index (χ0n) is 14.9. The fourth-order valence-electron chi connectivity index (χ4n) is 2.29. The smallest absolute Gasteiger partial charge is 0.269 e. The van der Waals surface area contributed by atoms with Gasteiger partial charge in [-0.15, -0.1) is 0 Å². The van der Waals surface area contributed by atoms with Crippen molar-refractivity contribution < 1.29 is 19.2 Å². The Morgan fingerprint density at radius 1 is 1.15 bits per heavy atom. The van der Waals surface area contributed by atoms with Crippen molar-refractivity contribution in [3.63, 3.8) is 0 Å². The van der Waals surface area contributed by atoms with E-state index in [0.717, 1.165) is 18.4 Å². The molecule has 0 aliphatic carbocycles. The van der Waals surface area contributed by atoms with E-state index < -0.39 is 4.92 Å². The Bertz CT molecular complexity index is 759. The number of carbonyl (C=O) groups excluding carboxylic acids is 1. The highest BCUT2D eigenvalue weighted by atomic mass is 16.6.